The largest absolute Gasteiger partial charge is 0.489 e. The summed E-state index contributed by atoms with van der Waals surface area (Å²) in [4.78, 5) is 1.34. The molecule has 1 atom stereocenters. The Morgan fingerprint density at radius 1 is 1.03 bits per heavy atom. The number of nitrogens with one attached hydrogen (secondary N) is 1. The number of thiophene rings is 1. The Bertz CT molecular complexity index is 1510. The van der Waals surface area contributed by atoms with Crippen LogP contribution in [0.4, 0.5) is 0 Å². The van der Waals surface area contributed by atoms with E-state index in [1.54, 1.807) is 0 Å². The molecule has 0 aliphatic rings. The van der Waals surface area contributed by atoms with Gasteiger partial charge in [-0.2, -0.15) is 5.21 Å². The van der Waals surface area contributed by atoms with Crippen LogP contribution in [-0.4, -0.2) is 20.6 Å². The third-order valence-electron chi connectivity index (χ3n) is 6.13. The molecule has 0 saturated carbocycles. The van der Waals surface area contributed by atoms with Crippen molar-refractivity contribution >= 4 is 21.4 Å². The zero-order chi connectivity index (χ0) is 24.2. The van der Waals surface area contributed by atoms with Gasteiger partial charge in [-0.1, -0.05) is 53.6 Å². The number of H-pyrrole nitrogens is 1. The van der Waals surface area contributed by atoms with E-state index in [-0.39, 0.29) is 5.92 Å². The monoisotopic (exact) mass is 478 g/mol. The Kier molecular flexibility index (Phi) is 6.60. The molecule has 2 heterocycles. The molecule has 0 amide bonds. The quantitative estimate of drug-likeness (QED) is 0.267. The van der Waals surface area contributed by atoms with Gasteiger partial charge in [-0.3, -0.25) is 0 Å². The fourth-order valence-corrected chi connectivity index (χ4v) is 5.44. The van der Waals surface area contributed by atoms with Crippen molar-refractivity contribution in [3.8, 4) is 28.7 Å². The molecule has 5 rings (SSSR count). The first-order chi connectivity index (χ1) is 17.1. The van der Waals surface area contributed by atoms with Crippen LogP contribution >= 0.6 is 11.3 Å². The van der Waals surface area contributed by atoms with Crippen LogP contribution in [0.25, 0.3) is 21.2 Å². The minimum atomic E-state index is 0.00996. The maximum atomic E-state index is 6.15. The van der Waals surface area contributed by atoms with Gasteiger partial charge in [0, 0.05) is 26.9 Å². The number of aromatic amines is 1. The van der Waals surface area contributed by atoms with Gasteiger partial charge >= 0.3 is 0 Å². The summed E-state index contributed by atoms with van der Waals surface area (Å²) < 4.78 is 7.45. The van der Waals surface area contributed by atoms with Crippen molar-refractivity contribution in [1.82, 2.24) is 20.6 Å². The Morgan fingerprint density at radius 3 is 2.60 bits per heavy atom. The molecule has 0 radical (unpaired) electrons. The third-order valence-corrected chi connectivity index (χ3v) is 7.21. The topological polar surface area (TPSA) is 63.7 Å². The van der Waals surface area contributed by atoms with Crippen LogP contribution in [0.1, 0.15) is 40.2 Å². The lowest BCUT2D eigenvalue weighted by atomic mass is 9.96. The molecule has 3 aromatic carbocycles. The van der Waals surface area contributed by atoms with Gasteiger partial charge in [0.15, 0.2) is 5.82 Å². The predicted molar refractivity (Wildman–Crippen MR) is 142 cm³/mol. The molecular formula is C29H26N4OS. The lowest BCUT2D eigenvalue weighted by Gasteiger charge is -2.11. The van der Waals surface area contributed by atoms with E-state index in [2.05, 4.69) is 101 Å². The summed E-state index contributed by atoms with van der Waals surface area (Å²) in [5.41, 5.74) is 6.19. The number of hydrogen-bond donors (Lipinski definition) is 1. The van der Waals surface area contributed by atoms with Gasteiger partial charge < -0.3 is 4.74 Å². The number of aryl methyl sites for hydroxylation is 2. The van der Waals surface area contributed by atoms with Crippen molar-refractivity contribution in [3.63, 3.8) is 0 Å². The van der Waals surface area contributed by atoms with Crippen molar-refractivity contribution < 1.29 is 4.74 Å². The molecular weight excluding hydrogens is 452 g/mol. The highest BCUT2D eigenvalue weighted by Crippen LogP contribution is 2.40. The first-order valence-corrected chi connectivity index (χ1v) is 12.4. The summed E-state index contributed by atoms with van der Waals surface area (Å²) in [5.74, 6) is 7.75. The van der Waals surface area contributed by atoms with Crippen LogP contribution in [0.2, 0.25) is 0 Å². The fourth-order valence-electron chi connectivity index (χ4n) is 4.39. The minimum absolute atomic E-state index is 0.00996. The van der Waals surface area contributed by atoms with E-state index in [0.717, 1.165) is 16.9 Å². The fraction of sp³-hybridized carbons (Fsp3) is 0.207. The van der Waals surface area contributed by atoms with Gasteiger partial charge in [-0.25, -0.2) is 0 Å². The van der Waals surface area contributed by atoms with Crippen LogP contribution in [0.5, 0.6) is 5.75 Å². The molecule has 5 nitrogen and oxygen atoms in total. The van der Waals surface area contributed by atoms with Gasteiger partial charge in [-0.15, -0.1) is 27.5 Å². The van der Waals surface area contributed by atoms with E-state index in [9.17, 15) is 0 Å². The van der Waals surface area contributed by atoms with Gasteiger partial charge in [0.25, 0.3) is 0 Å². The molecule has 0 spiro atoms. The summed E-state index contributed by atoms with van der Waals surface area (Å²) in [6, 6.07) is 23.4. The molecule has 0 saturated heterocycles. The number of tetrazole rings is 1. The third kappa shape index (κ3) is 4.96. The summed E-state index contributed by atoms with van der Waals surface area (Å²) in [7, 11) is 0. The number of hydrogen-bond acceptors (Lipinski definition) is 5. The molecule has 5 aromatic rings. The van der Waals surface area contributed by atoms with Crippen LogP contribution in [0.15, 0.2) is 66.7 Å². The molecule has 0 fully saturated rings. The second-order valence-electron chi connectivity index (χ2n) is 8.52. The summed E-state index contributed by atoms with van der Waals surface area (Å²) in [6.45, 7) is 6.74. The number of ether oxygens (including phenoxy) is 1. The minimum Gasteiger partial charge on any atom is -0.489 e. The average molecular weight is 479 g/mol. The number of rotatable bonds is 7. The Balaban J connectivity index is 1.33. The lowest BCUT2D eigenvalue weighted by Crippen LogP contribution is -2.03. The highest BCUT2D eigenvalue weighted by molar-refractivity contribution is 7.19. The maximum Gasteiger partial charge on any atom is 0.176 e. The molecule has 0 bridgehead atoms. The van der Waals surface area contributed by atoms with E-state index in [1.807, 2.05) is 30.4 Å². The normalized spacial score (nSPS) is 11.7. The molecule has 0 aliphatic carbocycles. The highest BCUT2D eigenvalue weighted by atomic mass is 32.1. The Morgan fingerprint density at radius 2 is 1.86 bits per heavy atom. The standard InChI is InChI=1S/C29H26N4OS/c1-4-7-23(17-28-30-32-33-31-28)22-11-13-24(14-12-22)34-18-21-10-15-27-26(16-21)29(20(3)35-27)25-9-6-5-8-19(25)2/h5-6,8-16,23H,17-18H2,1-3H3,(H,30,31,32,33). The van der Waals surface area contributed by atoms with Crippen LogP contribution in [-0.2, 0) is 13.0 Å². The van der Waals surface area contributed by atoms with Crippen molar-refractivity contribution in [2.75, 3.05) is 0 Å². The summed E-state index contributed by atoms with van der Waals surface area (Å²) in [6.07, 6.45) is 0.612. The van der Waals surface area contributed by atoms with Crippen molar-refractivity contribution in [1.29, 1.82) is 0 Å². The lowest BCUT2D eigenvalue weighted by molar-refractivity contribution is 0.306. The van der Waals surface area contributed by atoms with E-state index < -0.39 is 0 Å². The van der Waals surface area contributed by atoms with Crippen LogP contribution in [0.3, 0.4) is 0 Å². The average Bonchev–Trinajstić information content (AvgIpc) is 3.50. The van der Waals surface area contributed by atoms with E-state index >= 15 is 0 Å². The second kappa shape index (κ2) is 10.1. The zero-order valence-corrected chi connectivity index (χ0v) is 20.8. The molecule has 0 aliphatic heterocycles. The van der Waals surface area contributed by atoms with Gasteiger partial charge in [0.05, 0.1) is 5.92 Å². The van der Waals surface area contributed by atoms with Crippen molar-refractivity contribution in [2.45, 2.75) is 39.7 Å². The molecule has 6 heteroatoms. The van der Waals surface area contributed by atoms with Crippen LogP contribution in [0, 0.1) is 25.7 Å². The SMILES string of the molecule is CC#CC(Cc1nn[nH]n1)c1ccc(OCc2ccc3sc(C)c(-c4ccccc4C)c3c2)cc1. The summed E-state index contributed by atoms with van der Waals surface area (Å²) >= 11 is 1.85. The molecule has 1 N–H and O–H groups in total. The zero-order valence-electron chi connectivity index (χ0n) is 20.0. The molecule has 174 valence electrons. The number of fused-ring (bicyclic) bond motifs is 1. The van der Waals surface area contributed by atoms with E-state index in [4.69, 9.17) is 4.74 Å². The first kappa shape index (κ1) is 22.8. The Labute approximate surface area is 209 Å². The van der Waals surface area contributed by atoms with Gasteiger partial charge in [0.2, 0.25) is 0 Å². The van der Waals surface area contributed by atoms with Gasteiger partial charge in [0.1, 0.15) is 12.4 Å². The van der Waals surface area contributed by atoms with E-state index in [0.29, 0.717) is 18.9 Å². The van der Waals surface area contributed by atoms with Gasteiger partial charge in [-0.05, 0) is 67.3 Å². The molecule has 2 aromatic heterocycles. The number of benzene rings is 3. The highest BCUT2D eigenvalue weighted by Gasteiger charge is 2.15. The first-order valence-electron chi connectivity index (χ1n) is 11.6. The Hall–Kier alpha value is -3.95. The second-order valence-corrected chi connectivity index (χ2v) is 9.77. The summed E-state index contributed by atoms with van der Waals surface area (Å²) in [5, 5.41) is 15.5. The van der Waals surface area contributed by atoms with Crippen LogP contribution < -0.4 is 4.74 Å². The number of aromatic nitrogens is 4. The number of nitrogens with zero attached hydrogens (tertiary/aromatic N) is 3. The predicted octanol–water partition coefficient (Wildman–Crippen LogP) is 6.63. The van der Waals surface area contributed by atoms with E-state index in [1.165, 1.54) is 31.7 Å². The van der Waals surface area contributed by atoms with Crippen molar-refractivity contribution in [2.24, 2.45) is 0 Å². The maximum absolute atomic E-state index is 6.15. The molecule has 1 unspecified atom stereocenters. The molecule has 35 heavy (non-hydrogen) atoms. The smallest absolute Gasteiger partial charge is 0.176 e. The van der Waals surface area contributed by atoms with Crippen molar-refractivity contribution in [3.05, 3.63) is 94.1 Å².